The minimum atomic E-state index is -3.65. The summed E-state index contributed by atoms with van der Waals surface area (Å²) in [6, 6.07) is 0. The Morgan fingerprint density at radius 2 is 1.95 bits per heavy atom. The van der Waals surface area contributed by atoms with E-state index in [4.69, 9.17) is 0 Å². The minimum Gasteiger partial charge on any atom is -0.389 e. The average molecular weight is 315 g/mol. The lowest BCUT2D eigenvalue weighted by atomic mass is 9.95. The van der Waals surface area contributed by atoms with Crippen molar-refractivity contribution in [3.05, 3.63) is 12.0 Å². The summed E-state index contributed by atoms with van der Waals surface area (Å²) in [6.45, 7) is 3.94. The molecule has 0 aromatic carbocycles. The van der Waals surface area contributed by atoms with E-state index in [1.807, 2.05) is 13.8 Å². The molecule has 1 heterocycles. The molecule has 2 rings (SSSR count). The highest BCUT2D eigenvalue weighted by atomic mass is 32.2. The van der Waals surface area contributed by atoms with Gasteiger partial charge in [-0.15, -0.1) is 0 Å². The van der Waals surface area contributed by atoms with Gasteiger partial charge in [-0.3, -0.25) is 0 Å². The molecule has 6 nitrogen and oxygen atoms in total. The molecule has 0 aliphatic heterocycles. The van der Waals surface area contributed by atoms with Crippen LogP contribution < -0.4 is 4.72 Å². The van der Waals surface area contributed by atoms with E-state index in [1.165, 1.54) is 6.20 Å². The summed E-state index contributed by atoms with van der Waals surface area (Å²) in [5.41, 5.74) is -0.926. The Hall–Kier alpha value is -0.920. The number of sulfonamides is 1. The van der Waals surface area contributed by atoms with Crippen molar-refractivity contribution in [2.24, 2.45) is 0 Å². The van der Waals surface area contributed by atoms with Gasteiger partial charge in [0.15, 0.2) is 5.03 Å². The maximum absolute atomic E-state index is 12.2. The quantitative estimate of drug-likeness (QED) is 0.723. The number of rotatable bonds is 5. The predicted octanol–water partition coefficient (Wildman–Crippen LogP) is 1.90. The van der Waals surface area contributed by atoms with Gasteiger partial charge in [-0.05, 0) is 12.8 Å². The number of hydrogen-bond acceptors (Lipinski definition) is 4. The second-order valence-electron chi connectivity index (χ2n) is 6.25. The molecule has 21 heavy (non-hydrogen) atoms. The second kappa shape index (κ2) is 6.46. The largest absolute Gasteiger partial charge is 0.389 e. The Bertz CT molecular complexity index is 558. The molecule has 0 saturated heterocycles. The highest BCUT2D eigenvalue weighted by Crippen LogP contribution is 2.26. The zero-order valence-electron chi connectivity index (χ0n) is 12.7. The molecule has 1 fully saturated rings. The van der Waals surface area contributed by atoms with Crippen molar-refractivity contribution < 1.29 is 13.5 Å². The highest BCUT2D eigenvalue weighted by molar-refractivity contribution is 7.89. The molecule has 0 bridgehead atoms. The molecule has 1 saturated carbocycles. The molecule has 3 N–H and O–H groups in total. The standard InChI is InChI=1S/C14H25N3O3S/c1-11(2)13-15-9-12(17-13)21(19,20)16-10-14(18)7-5-3-4-6-8-14/h9,11,16,18H,3-8,10H2,1-2H3,(H,15,17). The number of hydrogen-bond donors (Lipinski definition) is 3. The Morgan fingerprint density at radius 3 is 2.48 bits per heavy atom. The van der Waals surface area contributed by atoms with E-state index in [9.17, 15) is 13.5 Å². The van der Waals surface area contributed by atoms with E-state index in [-0.39, 0.29) is 17.5 Å². The van der Waals surface area contributed by atoms with Crippen LogP contribution in [0.3, 0.4) is 0 Å². The zero-order valence-corrected chi connectivity index (χ0v) is 13.5. The fourth-order valence-corrected chi connectivity index (χ4v) is 3.66. The van der Waals surface area contributed by atoms with E-state index < -0.39 is 15.6 Å². The molecule has 0 unspecified atom stereocenters. The molecule has 120 valence electrons. The van der Waals surface area contributed by atoms with Gasteiger partial charge in [-0.1, -0.05) is 39.5 Å². The second-order valence-corrected chi connectivity index (χ2v) is 7.99. The molecular formula is C14H25N3O3S. The lowest BCUT2D eigenvalue weighted by Crippen LogP contribution is -2.42. The van der Waals surface area contributed by atoms with Crippen molar-refractivity contribution in [3.63, 3.8) is 0 Å². The van der Waals surface area contributed by atoms with Crippen LogP contribution in [0.2, 0.25) is 0 Å². The molecule has 1 aliphatic carbocycles. The number of nitrogens with one attached hydrogen (secondary N) is 2. The maximum atomic E-state index is 12.2. The molecule has 0 spiro atoms. The molecule has 0 radical (unpaired) electrons. The van der Waals surface area contributed by atoms with Crippen molar-refractivity contribution in [2.45, 2.75) is 68.9 Å². The van der Waals surface area contributed by atoms with Gasteiger partial charge in [-0.25, -0.2) is 18.1 Å². The number of aromatic nitrogens is 2. The number of H-pyrrole nitrogens is 1. The third kappa shape index (κ3) is 4.28. The Labute approximate surface area is 126 Å². The lowest BCUT2D eigenvalue weighted by Gasteiger charge is -2.26. The smallest absolute Gasteiger partial charge is 0.257 e. The van der Waals surface area contributed by atoms with Gasteiger partial charge in [0.05, 0.1) is 11.8 Å². The normalized spacial score (nSPS) is 19.6. The molecule has 1 aromatic heterocycles. The molecule has 1 aliphatic rings. The number of aliphatic hydroxyl groups is 1. The first-order valence-electron chi connectivity index (χ1n) is 7.59. The van der Waals surface area contributed by atoms with Crippen molar-refractivity contribution in [1.82, 2.24) is 14.7 Å². The summed E-state index contributed by atoms with van der Waals surface area (Å²) in [5.74, 6) is 0.781. The summed E-state index contributed by atoms with van der Waals surface area (Å²) in [4.78, 5) is 6.89. The fourth-order valence-electron chi connectivity index (χ4n) is 2.62. The van der Waals surface area contributed by atoms with E-state index >= 15 is 0 Å². The van der Waals surface area contributed by atoms with Gasteiger partial charge < -0.3 is 10.1 Å². The highest BCUT2D eigenvalue weighted by Gasteiger charge is 2.30. The predicted molar refractivity (Wildman–Crippen MR) is 80.5 cm³/mol. The Kier molecular flexibility index (Phi) is 5.06. The van der Waals surface area contributed by atoms with E-state index in [0.29, 0.717) is 18.7 Å². The average Bonchev–Trinajstić information content (AvgIpc) is 2.83. The van der Waals surface area contributed by atoms with Crippen LogP contribution in [-0.2, 0) is 10.0 Å². The fraction of sp³-hybridized carbons (Fsp3) is 0.786. The van der Waals surface area contributed by atoms with Crippen molar-refractivity contribution in [3.8, 4) is 0 Å². The summed E-state index contributed by atoms with van der Waals surface area (Å²) in [7, 11) is -3.65. The van der Waals surface area contributed by atoms with Crippen LogP contribution in [0.5, 0.6) is 0 Å². The molecular weight excluding hydrogens is 290 g/mol. The summed E-state index contributed by atoms with van der Waals surface area (Å²) >= 11 is 0. The van der Waals surface area contributed by atoms with Crippen LogP contribution in [0.4, 0.5) is 0 Å². The lowest BCUT2D eigenvalue weighted by molar-refractivity contribution is 0.0303. The van der Waals surface area contributed by atoms with E-state index in [1.54, 1.807) is 0 Å². The van der Waals surface area contributed by atoms with Gasteiger partial charge >= 0.3 is 0 Å². The van der Waals surface area contributed by atoms with Crippen LogP contribution >= 0.6 is 0 Å². The zero-order chi connectivity index (χ0) is 15.5. The van der Waals surface area contributed by atoms with E-state index in [2.05, 4.69) is 14.7 Å². The Balaban J connectivity index is 2.03. The van der Waals surface area contributed by atoms with E-state index in [0.717, 1.165) is 25.7 Å². The van der Waals surface area contributed by atoms with Gasteiger partial charge in [0.2, 0.25) is 0 Å². The summed E-state index contributed by atoms with van der Waals surface area (Å²) in [6.07, 6.45) is 6.72. The molecule has 0 atom stereocenters. The first-order valence-corrected chi connectivity index (χ1v) is 9.08. The number of aromatic amines is 1. The molecule has 0 amide bonds. The number of nitrogens with zero attached hydrogens (tertiary/aromatic N) is 1. The minimum absolute atomic E-state index is 0.0587. The topological polar surface area (TPSA) is 95.1 Å². The summed E-state index contributed by atoms with van der Waals surface area (Å²) < 4.78 is 27.0. The summed E-state index contributed by atoms with van der Waals surface area (Å²) in [5, 5.41) is 10.6. The molecule has 7 heteroatoms. The maximum Gasteiger partial charge on any atom is 0.257 e. The van der Waals surface area contributed by atoms with Gasteiger partial charge in [0, 0.05) is 12.5 Å². The first-order chi connectivity index (χ1) is 9.82. The van der Waals surface area contributed by atoms with Crippen LogP contribution in [0, 0.1) is 0 Å². The third-order valence-electron chi connectivity index (χ3n) is 4.03. The van der Waals surface area contributed by atoms with Crippen molar-refractivity contribution >= 4 is 10.0 Å². The van der Waals surface area contributed by atoms with Crippen LogP contribution in [0.25, 0.3) is 0 Å². The molecule has 1 aromatic rings. The monoisotopic (exact) mass is 315 g/mol. The van der Waals surface area contributed by atoms with Crippen LogP contribution in [-0.4, -0.2) is 35.6 Å². The van der Waals surface area contributed by atoms with Gasteiger partial charge in [0.1, 0.15) is 5.82 Å². The van der Waals surface area contributed by atoms with Gasteiger partial charge in [0.25, 0.3) is 10.0 Å². The van der Waals surface area contributed by atoms with Crippen LogP contribution in [0.15, 0.2) is 11.2 Å². The van der Waals surface area contributed by atoms with Crippen LogP contribution in [0.1, 0.15) is 64.1 Å². The first kappa shape index (κ1) is 16.5. The Morgan fingerprint density at radius 1 is 1.33 bits per heavy atom. The third-order valence-corrected chi connectivity index (χ3v) is 5.34. The SMILES string of the molecule is CC(C)c1ncc(S(=O)(=O)NCC2(O)CCCCCC2)[nH]1. The number of imidazole rings is 1. The van der Waals surface area contributed by atoms with Gasteiger partial charge in [-0.2, -0.15) is 0 Å². The van der Waals surface area contributed by atoms with Crippen molar-refractivity contribution in [2.75, 3.05) is 6.54 Å². The van der Waals surface area contributed by atoms with Crippen molar-refractivity contribution in [1.29, 1.82) is 0 Å².